The van der Waals surface area contributed by atoms with Gasteiger partial charge in [0.2, 0.25) is 0 Å². The van der Waals surface area contributed by atoms with Gasteiger partial charge in [0.15, 0.2) is 12.2 Å². The number of rotatable bonds is 70. The summed E-state index contributed by atoms with van der Waals surface area (Å²) in [4.78, 5) is 72.7. The van der Waals surface area contributed by atoms with Crippen molar-refractivity contribution in [2.75, 3.05) is 39.6 Å². The Labute approximate surface area is 562 Å². The van der Waals surface area contributed by atoms with E-state index in [4.69, 9.17) is 37.0 Å². The molecule has 0 rings (SSSR count). The summed E-state index contributed by atoms with van der Waals surface area (Å²) in [5, 5.41) is 10.6. The van der Waals surface area contributed by atoms with Gasteiger partial charge in [-0.25, -0.2) is 9.13 Å². The average molecular weight is 1350 g/mol. The van der Waals surface area contributed by atoms with E-state index in [1.54, 1.807) is 0 Å². The van der Waals surface area contributed by atoms with E-state index in [-0.39, 0.29) is 25.7 Å². The summed E-state index contributed by atoms with van der Waals surface area (Å²) in [6.45, 7) is 14.1. The lowest BCUT2D eigenvalue weighted by Crippen LogP contribution is -2.30. The molecule has 0 bridgehead atoms. The minimum Gasteiger partial charge on any atom is -0.462 e. The molecule has 0 aromatic rings. The van der Waals surface area contributed by atoms with Gasteiger partial charge in [-0.05, 0) is 49.4 Å². The second kappa shape index (κ2) is 62.6. The Morgan fingerprint density at radius 1 is 0.304 bits per heavy atom. The van der Waals surface area contributed by atoms with Crippen LogP contribution in [-0.2, 0) is 65.4 Å². The Balaban J connectivity index is 5.26. The standard InChI is InChI=1S/C73H142O17P2/c1-9-66(8)52-44-36-28-22-23-29-37-45-53-70(75)83-59-68(89-72(77)55-47-39-30-20-16-12-10-14-18-25-33-41-49-63(2)3)61-87-91(79,80)85-57-67(74)58-86-92(81,82)88-62-69(60-84-71(76)54-46-38-32-24-27-35-43-51-65(6)7)90-73(78)56-48-40-31-21-17-13-11-15-19-26-34-42-50-64(4)5/h63-69,74H,9-62H2,1-8H3,(H,79,80)(H,81,82)/t66?,67?,68-,69-/m1/s1. The monoisotopic (exact) mass is 1350 g/mol. The van der Waals surface area contributed by atoms with Gasteiger partial charge in [-0.2, -0.15) is 0 Å². The maximum atomic E-state index is 13.0. The highest BCUT2D eigenvalue weighted by Gasteiger charge is 2.30. The maximum absolute atomic E-state index is 13.0. The number of carbonyl (C=O) groups is 4. The summed E-state index contributed by atoms with van der Waals surface area (Å²) in [5.74, 6) is 0.911. The van der Waals surface area contributed by atoms with Crippen LogP contribution in [0.5, 0.6) is 0 Å². The predicted molar refractivity (Wildman–Crippen MR) is 372 cm³/mol. The molecule has 92 heavy (non-hydrogen) atoms. The highest BCUT2D eigenvalue weighted by molar-refractivity contribution is 7.47. The van der Waals surface area contributed by atoms with E-state index in [1.807, 2.05) is 0 Å². The lowest BCUT2D eigenvalue weighted by atomic mass is 9.99. The smallest absolute Gasteiger partial charge is 0.462 e. The topological polar surface area (TPSA) is 237 Å². The van der Waals surface area contributed by atoms with Crippen LogP contribution >= 0.6 is 15.6 Å². The third-order valence-electron chi connectivity index (χ3n) is 17.2. The maximum Gasteiger partial charge on any atom is 0.472 e. The zero-order valence-corrected chi connectivity index (χ0v) is 62.0. The number of carbonyl (C=O) groups excluding carboxylic acids is 4. The average Bonchev–Trinajstić information content (AvgIpc) is 2.53. The molecular weight excluding hydrogens is 1210 g/mol. The van der Waals surface area contributed by atoms with Crippen molar-refractivity contribution in [3.05, 3.63) is 0 Å². The fourth-order valence-electron chi connectivity index (χ4n) is 11.0. The van der Waals surface area contributed by atoms with Crippen molar-refractivity contribution in [1.82, 2.24) is 0 Å². The molecule has 0 aromatic carbocycles. The van der Waals surface area contributed by atoms with Crippen molar-refractivity contribution in [3.8, 4) is 0 Å². The van der Waals surface area contributed by atoms with Crippen LogP contribution in [0.15, 0.2) is 0 Å². The Hall–Kier alpha value is -1.94. The summed E-state index contributed by atoms with van der Waals surface area (Å²) in [6.07, 6.45) is 45.8. The minimum absolute atomic E-state index is 0.105. The van der Waals surface area contributed by atoms with Crippen LogP contribution in [0.2, 0.25) is 0 Å². The summed E-state index contributed by atoms with van der Waals surface area (Å²) >= 11 is 0. The summed E-state index contributed by atoms with van der Waals surface area (Å²) in [7, 11) is -9.91. The number of phosphoric acid groups is 2. The molecule has 0 aromatic heterocycles. The van der Waals surface area contributed by atoms with Gasteiger partial charge in [0.1, 0.15) is 19.3 Å². The van der Waals surface area contributed by atoms with Gasteiger partial charge >= 0.3 is 39.5 Å². The highest BCUT2D eigenvalue weighted by Crippen LogP contribution is 2.45. The number of unbranched alkanes of at least 4 members (excludes halogenated alkanes) is 35. The first-order chi connectivity index (χ1) is 44.1. The zero-order chi connectivity index (χ0) is 68.2. The number of ether oxygens (including phenoxy) is 4. The first-order valence-corrected chi connectivity index (χ1v) is 40.7. The van der Waals surface area contributed by atoms with Gasteiger partial charge in [0, 0.05) is 25.7 Å². The number of aliphatic hydroxyl groups excluding tert-OH is 1. The Bertz CT molecular complexity index is 1820. The molecule has 0 saturated carbocycles. The fraction of sp³-hybridized carbons (Fsp3) is 0.945. The van der Waals surface area contributed by atoms with E-state index in [0.29, 0.717) is 31.6 Å². The van der Waals surface area contributed by atoms with Crippen molar-refractivity contribution >= 4 is 39.5 Å². The molecule has 0 amide bonds. The second-order valence-electron chi connectivity index (χ2n) is 28.0. The van der Waals surface area contributed by atoms with Crippen LogP contribution in [0.4, 0.5) is 0 Å². The molecule has 0 radical (unpaired) electrons. The van der Waals surface area contributed by atoms with Gasteiger partial charge in [-0.15, -0.1) is 0 Å². The lowest BCUT2D eigenvalue weighted by molar-refractivity contribution is -0.161. The number of hydrogen-bond donors (Lipinski definition) is 3. The lowest BCUT2D eigenvalue weighted by Gasteiger charge is -2.21. The molecule has 6 atom stereocenters. The first kappa shape index (κ1) is 90.1. The normalized spacial score (nSPS) is 14.5. The highest BCUT2D eigenvalue weighted by atomic mass is 31.2. The quantitative estimate of drug-likeness (QED) is 0.0222. The molecule has 19 heteroatoms. The van der Waals surface area contributed by atoms with Gasteiger partial charge in [0.25, 0.3) is 0 Å². The van der Waals surface area contributed by atoms with Crippen LogP contribution < -0.4 is 0 Å². The summed E-state index contributed by atoms with van der Waals surface area (Å²) in [5.41, 5.74) is 0. The van der Waals surface area contributed by atoms with E-state index < -0.39 is 97.5 Å². The molecule has 0 spiro atoms. The number of hydrogen-bond acceptors (Lipinski definition) is 15. The molecule has 0 heterocycles. The molecule has 0 fully saturated rings. The van der Waals surface area contributed by atoms with Crippen LogP contribution in [0, 0.1) is 23.7 Å². The molecule has 546 valence electrons. The number of esters is 4. The van der Waals surface area contributed by atoms with Crippen molar-refractivity contribution in [1.29, 1.82) is 0 Å². The van der Waals surface area contributed by atoms with E-state index in [1.165, 1.54) is 161 Å². The minimum atomic E-state index is -4.95. The van der Waals surface area contributed by atoms with Crippen LogP contribution in [-0.4, -0.2) is 96.7 Å². The van der Waals surface area contributed by atoms with E-state index in [0.717, 1.165) is 114 Å². The molecular formula is C73H142O17P2. The number of aliphatic hydroxyl groups is 1. The fourth-order valence-corrected chi connectivity index (χ4v) is 12.6. The van der Waals surface area contributed by atoms with Gasteiger partial charge < -0.3 is 33.8 Å². The molecule has 0 saturated heterocycles. The van der Waals surface area contributed by atoms with Crippen LogP contribution in [0.3, 0.4) is 0 Å². The van der Waals surface area contributed by atoms with Gasteiger partial charge in [0.05, 0.1) is 26.4 Å². The van der Waals surface area contributed by atoms with Gasteiger partial charge in [-0.3, -0.25) is 37.3 Å². The van der Waals surface area contributed by atoms with Gasteiger partial charge in [-0.1, -0.05) is 312 Å². The largest absolute Gasteiger partial charge is 0.472 e. The third-order valence-corrected chi connectivity index (χ3v) is 19.1. The van der Waals surface area contributed by atoms with Crippen LogP contribution in [0.1, 0.15) is 364 Å². The predicted octanol–water partition coefficient (Wildman–Crippen LogP) is 20.9. The molecule has 0 aliphatic rings. The van der Waals surface area contributed by atoms with E-state index in [2.05, 4.69) is 55.4 Å². The zero-order valence-electron chi connectivity index (χ0n) is 60.2. The summed E-state index contributed by atoms with van der Waals surface area (Å²) in [6, 6.07) is 0. The first-order valence-electron chi connectivity index (χ1n) is 37.7. The molecule has 0 aliphatic heterocycles. The Kier molecular flexibility index (Phi) is 61.3. The van der Waals surface area contributed by atoms with E-state index >= 15 is 0 Å². The molecule has 0 aliphatic carbocycles. The van der Waals surface area contributed by atoms with Crippen molar-refractivity contribution < 1.29 is 80.2 Å². The molecule has 17 nitrogen and oxygen atoms in total. The molecule has 4 unspecified atom stereocenters. The Morgan fingerprint density at radius 2 is 0.522 bits per heavy atom. The third kappa shape index (κ3) is 65.4. The SMILES string of the molecule is CCC(C)CCCCCCCCCCC(=O)OC[C@H](COP(=O)(O)OCC(O)COP(=O)(O)OC[C@@H](COC(=O)CCCCCCCCCC(C)C)OC(=O)CCCCCCCCCCCCCCC(C)C)OC(=O)CCCCCCCCCCCCCCC(C)C. The Morgan fingerprint density at radius 3 is 0.772 bits per heavy atom. The van der Waals surface area contributed by atoms with Crippen LogP contribution in [0.25, 0.3) is 0 Å². The van der Waals surface area contributed by atoms with Crippen molar-refractivity contribution in [3.63, 3.8) is 0 Å². The molecule has 3 N–H and O–H groups in total. The van der Waals surface area contributed by atoms with Crippen molar-refractivity contribution in [2.45, 2.75) is 382 Å². The second-order valence-corrected chi connectivity index (χ2v) is 30.9. The number of phosphoric ester groups is 2. The van der Waals surface area contributed by atoms with E-state index in [9.17, 15) is 43.2 Å². The van der Waals surface area contributed by atoms with Crippen molar-refractivity contribution in [2.24, 2.45) is 23.7 Å². The summed E-state index contributed by atoms with van der Waals surface area (Å²) < 4.78 is 68.4.